The van der Waals surface area contributed by atoms with Crippen molar-refractivity contribution in [1.82, 2.24) is 10.2 Å². The number of hydrogen-bond acceptors (Lipinski definition) is 3. The number of benzene rings is 3. The van der Waals surface area contributed by atoms with Crippen molar-refractivity contribution in [1.29, 1.82) is 0 Å². The molecule has 4 rings (SSSR count). The Balaban J connectivity index is 1.52. The molecule has 1 saturated carbocycles. The van der Waals surface area contributed by atoms with Crippen LogP contribution in [0.2, 0.25) is 0 Å². The number of nitrogens with zero attached hydrogens (tertiary/aromatic N) is 1. The number of hydrogen-bond donors (Lipinski definition) is 1. The first-order chi connectivity index (χ1) is 18.1. The van der Waals surface area contributed by atoms with Crippen LogP contribution in [0.3, 0.4) is 0 Å². The molecule has 4 nitrogen and oxygen atoms in total. The molecule has 0 radical (unpaired) electrons. The summed E-state index contributed by atoms with van der Waals surface area (Å²) in [6.45, 7) is 0.262. The number of nitrogens with one attached hydrogen (secondary N) is 1. The second-order valence-electron chi connectivity index (χ2n) is 9.63. The summed E-state index contributed by atoms with van der Waals surface area (Å²) in [4.78, 5) is 29.0. The van der Waals surface area contributed by atoms with Gasteiger partial charge in [0.2, 0.25) is 11.8 Å². The van der Waals surface area contributed by atoms with Crippen LogP contribution in [-0.4, -0.2) is 34.6 Å². The lowest BCUT2D eigenvalue weighted by atomic mass is 10.0. The summed E-state index contributed by atoms with van der Waals surface area (Å²) in [5, 5.41) is 3.22. The quantitative estimate of drug-likeness (QED) is 0.293. The van der Waals surface area contributed by atoms with Gasteiger partial charge in [0.25, 0.3) is 0 Å². The molecule has 0 saturated heterocycles. The normalized spacial score (nSPS) is 14.3. The lowest BCUT2D eigenvalue weighted by molar-refractivity contribution is -0.141. The molecule has 6 heteroatoms. The SMILES string of the molecule is O=C(NC1CCCC1)[C@H](Cc1ccccc1)N(Cc1ccc(F)cc1)C(=O)CCSCc1ccccc1. The summed E-state index contributed by atoms with van der Waals surface area (Å²) in [5.41, 5.74) is 3.03. The van der Waals surface area contributed by atoms with Gasteiger partial charge in [0.15, 0.2) is 0 Å². The Bertz CT molecular complexity index is 1120. The van der Waals surface area contributed by atoms with Gasteiger partial charge in [-0.1, -0.05) is 85.6 Å². The number of thioether (sulfide) groups is 1. The van der Waals surface area contributed by atoms with Gasteiger partial charge in [0, 0.05) is 36.9 Å². The van der Waals surface area contributed by atoms with Crippen molar-refractivity contribution in [3.8, 4) is 0 Å². The van der Waals surface area contributed by atoms with Crippen LogP contribution < -0.4 is 5.32 Å². The first-order valence-corrected chi connectivity index (χ1v) is 14.2. The molecule has 1 N–H and O–H groups in total. The molecule has 0 heterocycles. The highest BCUT2D eigenvalue weighted by atomic mass is 32.2. The van der Waals surface area contributed by atoms with Crippen molar-refractivity contribution in [2.75, 3.05) is 5.75 Å². The first-order valence-electron chi connectivity index (χ1n) is 13.1. The third kappa shape index (κ3) is 8.46. The standard InChI is InChI=1S/C31H35FN2O2S/c32-27-17-15-25(16-18-27)22-34(30(35)19-20-37-23-26-11-5-2-6-12-26)29(21-24-9-3-1-4-10-24)31(36)33-28-13-7-8-14-28/h1-6,9-12,15-18,28-29H,7-8,13-14,19-23H2,(H,33,36)/t29-/m0/s1. The van der Waals surface area contributed by atoms with Crippen LogP contribution >= 0.6 is 11.8 Å². The van der Waals surface area contributed by atoms with Gasteiger partial charge in [-0.25, -0.2) is 4.39 Å². The summed E-state index contributed by atoms with van der Waals surface area (Å²) >= 11 is 1.71. The van der Waals surface area contributed by atoms with Crippen LogP contribution in [0.1, 0.15) is 48.8 Å². The topological polar surface area (TPSA) is 49.4 Å². The second kappa shape index (κ2) is 14.0. The van der Waals surface area contributed by atoms with E-state index in [2.05, 4.69) is 17.4 Å². The molecule has 3 aromatic carbocycles. The molecule has 37 heavy (non-hydrogen) atoms. The average molecular weight is 519 g/mol. The third-order valence-electron chi connectivity index (χ3n) is 6.81. The zero-order valence-corrected chi connectivity index (χ0v) is 22.0. The minimum Gasteiger partial charge on any atom is -0.352 e. The zero-order valence-electron chi connectivity index (χ0n) is 21.2. The van der Waals surface area contributed by atoms with Crippen LogP contribution in [0.4, 0.5) is 4.39 Å². The number of rotatable bonds is 12. The molecule has 1 fully saturated rings. The number of halogens is 1. The first kappa shape index (κ1) is 26.9. The van der Waals surface area contributed by atoms with Gasteiger partial charge in [-0.05, 0) is 41.7 Å². The van der Waals surface area contributed by atoms with E-state index in [1.54, 1.807) is 28.8 Å². The third-order valence-corrected chi connectivity index (χ3v) is 7.84. The molecule has 194 valence electrons. The maximum absolute atomic E-state index is 13.7. The van der Waals surface area contributed by atoms with Crippen LogP contribution in [0.25, 0.3) is 0 Å². The molecule has 0 unspecified atom stereocenters. The summed E-state index contributed by atoms with van der Waals surface area (Å²) < 4.78 is 13.6. The highest BCUT2D eigenvalue weighted by Gasteiger charge is 2.32. The molecule has 0 bridgehead atoms. The van der Waals surface area contributed by atoms with E-state index in [9.17, 15) is 14.0 Å². The average Bonchev–Trinajstić information content (AvgIpc) is 3.44. The molecule has 0 spiro atoms. The summed E-state index contributed by atoms with van der Waals surface area (Å²) in [7, 11) is 0. The Morgan fingerprint density at radius 1 is 0.865 bits per heavy atom. The molecular weight excluding hydrogens is 483 g/mol. The minimum absolute atomic E-state index is 0.0626. The van der Waals surface area contributed by atoms with Crippen LogP contribution in [0.15, 0.2) is 84.9 Å². The van der Waals surface area contributed by atoms with E-state index >= 15 is 0 Å². The largest absolute Gasteiger partial charge is 0.352 e. The van der Waals surface area contributed by atoms with E-state index in [-0.39, 0.29) is 30.2 Å². The number of carbonyl (C=O) groups is 2. The van der Waals surface area contributed by atoms with Gasteiger partial charge in [-0.15, -0.1) is 0 Å². The van der Waals surface area contributed by atoms with Crippen molar-refractivity contribution in [3.63, 3.8) is 0 Å². The lowest BCUT2D eigenvalue weighted by Crippen LogP contribution is -2.52. The Kier molecular flexibility index (Phi) is 10.2. The Morgan fingerprint density at radius 3 is 2.14 bits per heavy atom. The fourth-order valence-electron chi connectivity index (χ4n) is 4.78. The van der Waals surface area contributed by atoms with E-state index in [1.807, 2.05) is 48.5 Å². The van der Waals surface area contributed by atoms with Crippen molar-refractivity contribution in [2.45, 2.75) is 62.9 Å². The number of carbonyl (C=O) groups excluding carboxylic acids is 2. The maximum Gasteiger partial charge on any atom is 0.243 e. The molecular formula is C31H35FN2O2S. The smallest absolute Gasteiger partial charge is 0.243 e. The van der Waals surface area contributed by atoms with Gasteiger partial charge < -0.3 is 10.2 Å². The lowest BCUT2D eigenvalue weighted by Gasteiger charge is -2.32. The van der Waals surface area contributed by atoms with Crippen molar-refractivity contribution in [2.24, 2.45) is 0 Å². The van der Waals surface area contributed by atoms with Gasteiger partial charge in [-0.3, -0.25) is 9.59 Å². The van der Waals surface area contributed by atoms with Gasteiger partial charge >= 0.3 is 0 Å². The molecule has 1 aliphatic carbocycles. The monoisotopic (exact) mass is 518 g/mol. The Labute approximate surface area is 223 Å². The van der Waals surface area contributed by atoms with E-state index in [0.717, 1.165) is 42.6 Å². The van der Waals surface area contributed by atoms with Crippen molar-refractivity contribution in [3.05, 3.63) is 107 Å². The van der Waals surface area contributed by atoms with E-state index in [4.69, 9.17) is 0 Å². The van der Waals surface area contributed by atoms with Crippen molar-refractivity contribution < 1.29 is 14.0 Å². The fourth-order valence-corrected chi connectivity index (χ4v) is 5.67. The molecule has 2 amide bonds. The molecule has 0 aliphatic heterocycles. The Morgan fingerprint density at radius 2 is 1.49 bits per heavy atom. The summed E-state index contributed by atoms with van der Waals surface area (Å²) in [6.07, 6.45) is 4.96. The predicted molar refractivity (Wildman–Crippen MR) is 149 cm³/mol. The molecule has 3 aromatic rings. The van der Waals surface area contributed by atoms with Crippen LogP contribution in [0.5, 0.6) is 0 Å². The van der Waals surface area contributed by atoms with Crippen molar-refractivity contribution >= 4 is 23.6 Å². The molecule has 1 aliphatic rings. The molecule has 0 aromatic heterocycles. The van der Waals surface area contributed by atoms with E-state index in [1.165, 1.54) is 17.7 Å². The van der Waals surface area contributed by atoms with E-state index < -0.39 is 6.04 Å². The minimum atomic E-state index is -0.639. The highest BCUT2D eigenvalue weighted by Crippen LogP contribution is 2.21. The maximum atomic E-state index is 13.7. The van der Waals surface area contributed by atoms with Crippen LogP contribution in [0, 0.1) is 5.82 Å². The van der Waals surface area contributed by atoms with Gasteiger partial charge in [0.1, 0.15) is 11.9 Å². The Hall–Kier alpha value is -3.12. The van der Waals surface area contributed by atoms with E-state index in [0.29, 0.717) is 18.6 Å². The fraction of sp³-hybridized carbons (Fsp3) is 0.355. The zero-order chi connectivity index (χ0) is 25.9. The highest BCUT2D eigenvalue weighted by molar-refractivity contribution is 7.98. The predicted octanol–water partition coefficient (Wildman–Crippen LogP) is 6.15. The summed E-state index contributed by atoms with van der Waals surface area (Å²) in [6, 6.07) is 25.7. The van der Waals surface area contributed by atoms with Gasteiger partial charge in [-0.2, -0.15) is 11.8 Å². The summed E-state index contributed by atoms with van der Waals surface area (Å²) in [5.74, 6) is 1.01. The van der Waals surface area contributed by atoms with Crippen LogP contribution in [-0.2, 0) is 28.3 Å². The number of amides is 2. The molecule has 1 atom stereocenters. The van der Waals surface area contributed by atoms with Gasteiger partial charge in [0.05, 0.1) is 0 Å². The second-order valence-corrected chi connectivity index (χ2v) is 10.7.